The molecule has 0 amide bonds. The maximum atomic E-state index is 5.76. The summed E-state index contributed by atoms with van der Waals surface area (Å²) in [6, 6.07) is 6.08. The standard InChI is InChI=1S/C16H25NO2/c1-5-13(4)12-19-15-9-8-14(11-17-6-2)10-16(15)18-7-3/h8-10,17H,4-7,11-12H2,1-3H3. The Labute approximate surface area is 116 Å². The lowest BCUT2D eigenvalue weighted by Crippen LogP contribution is -2.12. The number of hydrogen-bond donors (Lipinski definition) is 1. The summed E-state index contributed by atoms with van der Waals surface area (Å²) >= 11 is 0. The van der Waals surface area contributed by atoms with Crippen molar-refractivity contribution in [3.63, 3.8) is 0 Å². The highest BCUT2D eigenvalue weighted by Crippen LogP contribution is 2.29. The van der Waals surface area contributed by atoms with Gasteiger partial charge in [0.05, 0.1) is 6.61 Å². The van der Waals surface area contributed by atoms with Crippen molar-refractivity contribution in [1.29, 1.82) is 0 Å². The number of ether oxygens (including phenoxy) is 2. The molecular formula is C16H25NO2. The summed E-state index contributed by atoms with van der Waals surface area (Å²) in [5.41, 5.74) is 2.28. The van der Waals surface area contributed by atoms with Gasteiger partial charge >= 0.3 is 0 Å². The van der Waals surface area contributed by atoms with E-state index in [1.54, 1.807) is 0 Å². The number of rotatable bonds is 9. The van der Waals surface area contributed by atoms with Gasteiger partial charge < -0.3 is 14.8 Å². The molecule has 0 atom stereocenters. The Morgan fingerprint density at radius 3 is 2.58 bits per heavy atom. The van der Waals surface area contributed by atoms with Gasteiger partial charge in [-0.05, 0) is 43.2 Å². The molecule has 1 aromatic carbocycles. The third-order valence-corrected chi connectivity index (χ3v) is 2.82. The maximum Gasteiger partial charge on any atom is 0.161 e. The van der Waals surface area contributed by atoms with Crippen LogP contribution in [0.3, 0.4) is 0 Å². The molecule has 0 bridgehead atoms. The van der Waals surface area contributed by atoms with E-state index in [9.17, 15) is 0 Å². The zero-order valence-electron chi connectivity index (χ0n) is 12.3. The smallest absolute Gasteiger partial charge is 0.161 e. The molecule has 0 heterocycles. The van der Waals surface area contributed by atoms with Gasteiger partial charge in [0.2, 0.25) is 0 Å². The fraction of sp³-hybridized carbons (Fsp3) is 0.500. The predicted octanol–water partition coefficient (Wildman–Crippen LogP) is 3.54. The molecule has 1 rings (SSSR count). The van der Waals surface area contributed by atoms with Crippen molar-refractivity contribution in [2.75, 3.05) is 19.8 Å². The first-order chi connectivity index (χ1) is 9.21. The molecule has 0 spiro atoms. The Hall–Kier alpha value is -1.48. The normalized spacial score (nSPS) is 10.3. The van der Waals surface area contributed by atoms with E-state index in [2.05, 4.69) is 31.8 Å². The van der Waals surface area contributed by atoms with Crippen LogP contribution in [0.4, 0.5) is 0 Å². The molecule has 0 unspecified atom stereocenters. The Balaban J connectivity index is 2.75. The molecule has 0 fully saturated rings. The van der Waals surface area contributed by atoms with Crippen LogP contribution < -0.4 is 14.8 Å². The molecule has 0 radical (unpaired) electrons. The van der Waals surface area contributed by atoms with Gasteiger partial charge in [-0.15, -0.1) is 0 Å². The molecule has 3 heteroatoms. The Morgan fingerprint density at radius 2 is 1.95 bits per heavy atom. The fourth-order valence-electron chi connectivity index (χ4n) is 1.60. The number of nitrogens with one attached hydrogen (secondary N) is 1. The SMILES string of the molecule is C=C(CC)COc1ccc(CNCC)cc1OCC. The lowest BCUT2D eigenvalue weighted by atomic mass is 10.2. The Morgan fingerprint density at radius 1 is 1.16 bits per heavy atom. The molecule has 0 aliphatic heterocycles. The van der Waals surface area contributed by atoms with Gasteiger partial charge in [0.25, 0.3) is 0 Å². The second kappa shape index (κ2) is 8.59. The van der Waals surface area contributed by atoms with Crippen molar-refractivity contribution in [2.45, 2.75) is 33.7 Å². The molecule has 0 aromatic heterocycles. The minimum atomic E-state index is 0.545. The molecule has 1 aromatic rings. The molecular weight excluding hydrogens is 238 g/mol. The van der Waals surface area contributed by atoms with Gasteiger partial charge in [0.15, 0.2) is 11.5 Å². The lowest BCUT2D eigenvalue weighted by molar-refractivity contribution is 0.291. The van der Waals surface area contributed by atoms with Crippen molar-refractivity contribution < 1.29 is 9.47 Å². The van der Waals surface area contributed by atoms with Crippen LogP contribution in [-0.2, 0) is 6.54 Å². The van der Waals surface area contributed by atoms with Crippen molar-refractivity contribution in [3.8, 4) is 11.5 Å². The number of benzene rings is 1. The summed E-state index contributed by atoms with van der Waals surface area (Å²) < 4.78 is 11.4. The van der Waals surface area contributed by atoms with Gasteiger partial charge in [-0.3, -0.25) is 0 Å². The zero-order chi connectivity index (χ0) is 14.1. The summed E-state index contributed by atoms with van der Waals surface area (Å²) in [6.45, 7) is 13.1. The largest absolute Gasteiger partial charge is 0.490 e. The van der Waals surface area contributed by atoms with Crippen LogP contribution in [0.5, 0.6) is 11.5 Å². The predicted molar refractivity (Wildman–Crippen MR) is 79.9 cm³/mol. The van der Waals surface area contributed by atoms with Crippen LogP contribution in [0.25, 0.3) is 0 Å². The fourth-order valence-corrected chi connectivity index (χ4v) is 1.60. The summed E-state index contributed by atoms with van der Waals surface area (Å²) in [4.78, 5) is 0. The van der Waals surface area contributed by atoms with E-state index in [4.69, 9.17) is 9.47 Å². The first kappa shape index (κ1) is 15.6. The van der Waals surface area contributed by atoms with Crippen molar-refractivity contribution in [3.05, 3.63) is 35.9 Å². The minimum Gasteiger partial charge on any atom is -0.490 e. The summed E-state index contributed by atoms with van der Waals surface area (Å²) in [6.07, 6.45) is 0.933. The van der Waals surface area contributed by atoms with Gasteiger partial charge in [-0.25, -0.2) is 0 Å². The monoisotopic (exact) mass is 263 g/mol. The van der Waals surface area contributed by atoms with Crippen molar-refractivity contribution in [2.24, 2.45) is 0 Å². The molecule has 19 heavy (non-hydrogen) atoms. The topological polar surface area (TPSA) is 30.5 Å². The van der Waals surface area contributed by atoms with Gasteiger partial charge in [0.1, 0.15) is 6.61 Å². The maximum absolute atomic E-state index is 5.76. The molecule has 0 aliphatic rings. The second-order valence-corrected chi connectivity index (χ2v) is 4.39. The van der Waals surface area contributed by atoms with Crippen molar-refractivity contribution >= 4 is 0 Å². The third kappa shape index (κ3) is 5.35. The average molecular weight is 263 g/mol. The highest BCUT2D eigenvalue weighted by atomic mass is 16.5. The molecule has 0 saturated heterocycles. The Kier molecular flexibility index (Phi) is 7.04. The summed E-state index contributed by atoms with van der Waals surface area (Å²) in [7, 11) is 0. The summed E-state index contributed by atoms with van der Waals surface area (Å²) in [5, 5.41) is 3.30. The van der Waals surface area contributed by atoms with Crippen LogP contribution in [-0.4, -0.2) is 19.8 Å². The molecule has 0 aliphatic carbocycles. The minimum absolute atomic E-state index is 0.545. The van der Waals surface area contributed by atoms with Crippen LogP contribution in [0.2, 0.25) is 0 Å². The van der Waals surface area contributed by atoms with E-state index in [1.165, 1.54) is 5.56 Å². The number of hydrogen-bond acceptors (Lipinski definition) is 3. The second-order valence-electron chi connectivity index (χ2n) is 4.39. The lowest BCUT2D eigenvalue weighted by Gasteiger charge is -2.14. The van der Waals surface area contributed by atoms with E-state index in [0.29, 0.717) is 13.2 Å². The highest BCUT2D eigenvalue weighted by molar-refractivity contribution is 5.43. The van der Waals surface area contributed by atoms with Gasteiger partial charge in [0, 0.05) is 6.54 Å². The molecule has 1 N–H and O–H groups in total. The van der Waals surface area contributed by atoms with Crippen LogP contribution in [0, 0.1) is 0 Å². The quantitative estimate of drug-likeness (QED) is 0.691. The van der Waals surface area contributed by atoms with Crippen LogP contribution in [0.1, 0.15) is 32.8 Å². The third-order valence-electron chi connectivity index (χ3n) is 2.82. The first-order valence-corrected chi connectivity index (χ1v) is 6.97. The van der Waals surface area contributed by atoms with Gasteiger partial charge in [-0.1, -0.05) is 26.5 Å². The van der Waals surface area contributed by atoms with Crippen molar-refractivity contribution in [1.82, 2.24) is 5.32 Å². The van der Waals surface area contributed by atoms with Crippen LogP contribution >= 0.6 is 0 Å². The first-order valence-electron chi connectivity index (χ1n) is 6.97. The average Bonchev–Trinajstić information content (AvgIpc) is 2.44. The molecule has 3 nitrogen and oxygen atoms in total. The van der Waals surface area contributed by atoms with E-state index in [1.807, 2.05) is 19.1 Å². The summed E-state index contributed by atoms with van der Waals surface area (Å²) in [5.74, 6) is 1.60. The molecule has 106 valence electrons. The van der Waals surface area contributed by atoms with E-state index < -0.39 is 0 Å². The zero-order valence-corrected chi connectivity index (χ0v) is 12.3. The van der Waals surface area contributed by atoms with Crippen LogP contribution in [0.15, 0.2) is 30.4 Å². The Bertz CT molecular complexity index is 402. The highest BCUT2D eigenvalue weighted by Gasteiger charge is 2.07. The van der Waals surface area contributed by atoms with E-state index >= 15 is 0 Å². The van der Waals surface area contributed by atoms with Gasteiger partial charge in [-0.2, -0.15) is 0 Å². The van der Waals surface area contributed by atoms with E-state index in [0.717, 1.165) is 36.6 Å². The van der Waals surface area contributed by atoms with E-state index in [-0.39, 0.29) is 0 Å². The molecule has 0 saturated carbocycles.